The Bertz CT molecular complexity index is 456. The summed E-state index contributed by atoms with van der Waals surface area (Å²) in [5.41, 5.74) is 6.04. The van der Waals surface area contributed by atoms with Crippen molar-refractivity contribution >= 4 is 11.4 Å². The second kappa shape index (κ2) is 3.31. The topological polar surface area (TPSA) is 29.3 Å². The molecule has 1 aromatic carbocycles. The van der Waals surface area contributed by atoms with Gasteiger partial charge in [-0.25, -0.2) is 0 Å². The number of hydrogen-bond acceptors (Lipinski definition) is 2. The highest BCUT2D eigenvalue weighted by molar-refractivity contribution is 5.70. The number of halogens is 3. The number of alkyl halides is 3. The molecule has 2 aliphatic rings. The monoisotopic (exact) mass is 242 g/mol. The summed E-state index contributed by atoms with van der Waals surface area (Å²) in [7, 11) is 0. The van der Waals surface area contributed by atoms with Crippen molar-refractivity contribution in [3.8, 4) is 0 Å². The molecule has 2 N–H and O–H groups in total. The fourth-order valence-corrected chi connectivity index (χ4v) is 2.69. The molecule has 2 atom stereocenters. The van der Waals surface area contributed by atoms with Gasteiger partial charge < -0.3 is 10.6 Å². The molecule has 0 aromatic heterocycles. The van der Waals surface area contributed by atoms with Crippen molar-refractivity contribution in [2.45, 2.75) is 25.1 Å². The van der Waals surface area contributed by atoms with E-state index >= 15 is 0 Å². The Morgan fingerprint density at radius 1 is 1.29 bits per heavy atom. The van der Waals surface area contributed by atoms with Crippen molar-refractivity contribution in [3.63, 3.8) is 0 Å². The summed E-state index contributed by atoms with van der Waals surface area (Å²) in [6, 6.07) is 4.15. The fraction of sp³-hybridized carbons (Fsp3) is 0.500. The summed E-state index contributed by atoms with van der Waals surface area (Å²) in [4.78, 5) is 2.14. The number of nitrogen functional groups attached to an aromatic ring is 1. The number of hydrogen-bond donors (Lipinski definition) is 1. The molecule has 2 fully saturated rings. The maximum absolute atomic E-state index is 12.5. The minimum absolute atomic E-state index is 0.229. The average Bonchev–Trinajstić information content (AvgIpc) is 2.90. The van der Waals surface area contributed by atoms with Crippen LogP contribution in [0.1, 0.15) is 18.4 Å². The molecule has 17 heavy (non-hydrogen) atoms. The van der Waals surface area contributed by atoms with Crippen molar-refractivity contribution in [3.05, 3.63) is 23.8 Å². The molecular weight excluding hydrogens is 229 g/mol. The van der Waals surface area contributed by atoms with Crippen LogP contribution in [0, 0.1) is 5.92 Å². The van der Waals surface area contributed by atoms with Gasteiger partial charge in [-0.05, 0) is 37.0 Å². The van der Waals surface area contributed by atoms with Gasteiger partial charge in [-0.2, -0.15) is 13.2 Å². The van der Waals surface area contributed by atoms with Gasteiger partial charge in [0, 0.05) is 12.6 Å². The quantitative estimate of drug-likeness (QED) is 0.767. The van der Waals surface area contributed by atoms with Gasteiger partial charge in [-0.3, -0.25) is 0 Å². The van der Waals surface area contributed by atoms with Crippen molar-refractivity contribution in [1.29, 1.82) is 0 Å². The lowest BCUT2D eigenvalue weighted by Crippen LogP contribution is -2.23. The van der Waals surface area contributed by atoms with Crippen LogP contribution in [-0.2, 0) is 6.18 Å². The summed E-state index contributed by atoms with van der Waals surface area (Å²) < 4.78 is 37.5. The minimum Gasteiger partial charge on any atom is -0.397 e. The van der Waals surface area contributed by atoms with Crippen molar-refractivity contribution in [1.82, 2.24) is 0 Å². The molecule has 0 radical (unpaired) electrons. The molecule has 0 bridgehead atoms. The Morgan fingerprint density at radius 3 is 2.53 bits per heavy atom. The van der Waals surface area contributed by atoms with E-state index in [1.165, 1.54) is 6.07 Å². The first-order chi connectivity index (χ1) is 7.97. The highest BCUT2D eigenvalue weighted by Crippen LogP contribution is 2.48. The molecule has 3 rings (SSSR count). The van der Waals surface area contributed by atoms with E-state index in [1.807, 2.05) is 0 Å². The van der Waals surface area contributed by atoms with E-state index < -0.39 is 11.7 Å². The summed E-state index contributed by atoms with van der Waals surface area (Å²) in [5, 5.41) is 0. The maximum atomic E-state index is 12.5. The smallest absolute Gasteiger partial charge is 0.397 e. The van der Waals surface area contributed by atoms with Gasteiger partial charge in [0.15, 0.2) is 0 Å². The molecule has 1 aliphatic heterocycles. The van der Waals surface area contributed by atoms with Crippen LogP contribution in [0.25, 0.3) is 0 Å². The molecule has 1 saturated carbocycles. The second-order valence-electron chi connectivity index (χ2n) is 4.82. The van der Waals surface area contributed by atoms with Gasteiger partial charge in [-0.15, -0.1) is 0 Å². The van der Waals surface area contributed by atoms with Crippen LogP contribution in [0.5, 0.6) is 0 Å². The fourth-order valence-electron chi connectivity index (χ4n) is 2.69. The lowest BCUT2D eigenvalue weighted by atomic mass is 10.1. The Kier molecular flexibility index (Phi) is 2.09. The zero-order valence-electron chi connectivity index (χ0n) is 9.17. The van der Waals surface area contributed by atoms with Crippen LogP contribution in [0.15, 0.2) is 18.2 Å². The maximum Gasteiger partial charge on any atom is 0.416 e. The Labute approximate surface area is 97.2 Å². The predicted octanol–water partition coefficient (Wildman–Crippen LogP) is 2.89. The molecule has 1 heterocycles. The van der Waals surface area contributed by atoms with Crippen molar-refractivity contribution in [2.75, 3.05) is 17.2 Å². The van der Waals surface area contributed by atoms with Crippen LogP contribution < -0.4 is 10.6 Å². The third kappa shape index (κ3) is 1.73. The summed E-state index contributed by atoms with van der Waals surface area (Å²) in [6.45, 7) is 0.908. The van der Waals surface area contributed by atoms with E-state index in [9.17, 15) is 13.2 Å². The normalized spacial score (nSPS) is 27.1. The molecule has 0 spiro atoms. The average molecular weight is 242 g/mol. The summed E-state index contributed by atoms with van der Waals surface area (Å²) in [6.07, 6.45) is -2.04. The minimum atomic E-state index is -4.32. The first-order valence-electron chi connectivity index (χ1n) is 5.70. The zero-order chi connectivity index (χ0) is 12.2. The molecule has 2 unspecified atom stereocenters. The van der Waals surface area contributed by atoms with Crippen LogP contribution in [0.4, 0.5) is 24.5 Å². The molecular formula is C12H13F3N2. The lowest BCUT2D eigenvalue weighted by Gasteiger charge is -2.23. The van der Waals surface area contributed by atoms with Gasteiger partial charge in [-0.1, -0.05) is 0 Å². The number of nitrogens with zero attached hydrogens (tertiary/aromatic N) is 1. The van der Waals surface area contributed by atoms with E-state index in [1.54, 1.807) is 0 Å². The predicted molar refractivity (Wildman–Crippen MR) is 59.7 cm³/mol. The number of benzene rings is 1. The highest BCUT2D eigenvalue weighted by atomic mass is 19.4. The molecule has 5 heteroatoms. The van der Waals surface area contributed by atoms with E-state index in [0.29, 0.717) is 6.04 Å². The summed E-state index contributed by atoms with van der Waals surface area (Å²) >= 11 is 0. The van der Waals surface area contributed by atoms with E-state index in [2.05, 4.69) is 4.90 Å². The molecule has 2 nitrogen and oxygen atoms in total. The highest BCUT2D eigenvalue weighted by Gasteiger charge is 2.47. The lowest BCUT2D eigenvalue weighted by molar-refractivity contribution is -0.137. The summed E-state index contributed by atoms with van der Waals surface area (Å²) in [5.74, 6) is 0.733. The number of nitrogens with two attached hydrogens (primary N) is 1. The van der Waals surface area contributed by atoms with Gasteiger partial charge in [0.2, 0.25) is 0 Å². The number of rotatable bonds is 1. The van der Waals surface area contributed by atoms with Crippen molar-refractivity contribution < 1.29 is 13.2 Å². The van der Waals surface area contributed by atoms with Gasteiger partial charge >= 0.3 is 6.18 Å². The number of piperidine rings is 1. The third-order valence-corrected chi connectivity index (χ3v) is 3.69. The Morgan fingerprint density at radius 2 is 2.06 bits per heavy atom. The standard InChI is InChI=1S/C12H13F3N2/c13-12(14,15)8-1-2-10(9(16)6-8)17-4-3-7-5-11(7)17/h1-2,6-7,11H,3-5,16H2. The van der Waals surface area contributed by atoms with E-state index in [0.717, 1.165) is 43.1 Å². The molecule has 1 aliphatic carbocycles. The molecule has 92 valence electrons. The van der Waals surface area contributed by atoms with Crippen LogP contribution in [0.2, 0.25) is 0 Å². The van der Waals surface area contributed by atoms with Gasteiger partial charge in [0.1, 0.15) is 0 Å². The Balaban J connectivity index is 1.91. The largest absolute Gasteiger partial charge is 0.416 e. The van der Waals surface area contributed by atoms with Gasteiger partial charge in [0.25, 0.3) is 0 Å². The molecule has 0 amide bonds. The zero-order valence-corrected chi connectivity index (χ0v) is 9.17. The van der Waals surface area contributed by atoms with Gasteiger partial charge in [0.05, 0.1) is 16.9 Å². The third-order valence-electron chi connectivity index (χ3n) is 3.69. The first kappa shape index (κ1) is 10.7. The van der Waals surface area contributed by atoms with Crippen LogP contribution >= 0.6 is 0 Å². The molecule has 1 aromatic rings. The van der Waals surface area contributed by atoms with E-state index in [4.69, 9.17) is 5.73 Å². The van der Waals surface area contributed by atoms with E-state index in [-0.39, 0.29) is 5.69 Å². The van der Waals surface area contributed by atoms with Crippen LogP contribution in [0.3, 0.4) is 0 Å². The SMILES string of the molecule is Nc1cc(C(F)(F)F)ccc1N1CCC2CC21. The number of fused-ring (bicyclic) bond motifs is 1. The number of anilines is 2. The Hall–Kier alpha value is -1.39. The molecule has 1 saturated heterocycles. The second-order valence-corrected chi connectivity index (χ2v) is 4.82. The van der Waals surface area contributed by atoms with Crippen molar-refractivity contribution in [2.24, 2.45) is 5.92 Å². The van der Waals surface area contributed by atoms with Crippen LogP contribution in [-0.4, -0.2) is 12.6 Å². The first-order valence-corrected chi connectivity index (χ1v) is 5.70.